The molecule has 0 bridgehead atoms. The van der Waals surface area contributed by atoms with Crippen molar-refractivity contribution in [2.75, 3.05) is 7.11 Å². The molecule has 0 aliphatic carbocycles. The van der Waals surface area contributed by atoms with Gasteiger partial charge in [0.2, 0.25) is 11.7 Å². The number of aromatic nitrogens is 1. The molecule has 22 heavy (non-hydrogen) atoms. The second-order valence-electron chi connectivity index (χ2n) is 5.11. The molecule has 2 N–H and O–H groups in total. The summed E-state index contributed by atoms with van der Waals surface area (Å²) < 4.78 is 6.96. The van der Waals surface area contributed by atoms with Crippen LogP contribution in [0.1, 0.15) is 34.2 Å². The summed E-state index contributed by atoms with van der Waals surface area (Å²) in [5.74, 6) is 0.224. The number of rotatable bonds is 6. The first kappa shape index (κ1) is 15.8. The van der Waals surface area contributed by atoms with Crippen molar-refractivity contribution < 1.29 is 14.3 Å². The molecule has 1 heterocycles. The number of carbonyl (C=O) groups is 2. The van der Waals surface area contributed by atoms with E-state index < -0.39 is 5.91 Å². The van der Waals surface area contributed by atoms with E-state index in [-0.39, 0.29) is 12.2 Å². The topological polar surface area (TPSA) is 74.3 Å². The zero-order chi connectivity index (χ0) is 16.3. The Morgan fingerprint density at radius 2 is 1.86 bits per heavy atom. The van der Waals surface area contributed by atoms with Crippen LogP contribution < -0.4 is 10.5 Å². The van der Waals surface area contributed by atoms with Gasteiger partial charge in [-0.1, -0.05) is 0 Å². The summed E-state index contributed by atoms with van der Waals surface area (Å²) in [6.07, 6.45) is 0.130. The minimum absolute atomic E-state index is 0.0716. The highest BCUT2D eigenvalue weighted by Gasteiger charge is 2.20. The Labute approximate surface area is 129 Å². The summed E-state index contributed by atoms with van der Waals surface area (Å²) in [5, 5.41) is 0. The van der Waals surface area contributed by atoms with Gasteiger partial charge in [-0.15, -0.1) is 0 Å². The second-order valence-corrected chi connectivity index (χ2v) is 5.11. The van der Waals surface area contributed by atoms with Crippen molar-refractivity contribution in [2.45, 2.75) is 26.8 Å². The number of hydrogen-bond acceptors (Lipinski definition) is 3. The molecule has 0 aliphatic rings. The van der Waals surface area contributed by atoms with Crippen molar-refractivity contribution in [1.82, 2.24) is 4.57 Å². The van der Waals surface area contributed by atoms with E-state index in [1.54, 1.807) is 31.4 Å². The van der Waals surface area contributed by atoms with Crippen LogP contribution in [-0.2, 0) is 17.8 Å². The molecule has 0 atom stereocenters. The van der Waals surface area contributed by atoms with E-state index in [0.717, 1.165) is 11.3 Å². The van der Waals surface area contributed by atoms with E-state index in [1.807, 2.05) is 24.5 Å². The maximum atomic E-state index is 12.8. The number of primary amides is 1. The molecule has 5 heteroatoms. The molecule has 1 aromatic heterocycles. The lowest BCUT2D eigenvalue weighted by Crippen LogP contribution is -2.18. The fourth-order valence-corrected chi connectivity index (χ4v) is 2.62. The van der Waals surface area contributed by atoms with Gasteiger partial charge in [0.05, 0.1) is 19.2 Å². The molecule has 0 unspecified atom stereocenters. The molecule has 1 aromatic carbocycles. The minimum Gasteiger partial charge on any atom is -0.497 e. The van der Waals surface area contributed by atoms with Gasteiger partial charge in [-0.3, -0.25) is 9.59 Å². The van der Waals surface area contributed by atoms with Crippen molar-refractivity contribution >= 4 is 11.7 Å². The highest BCUT2D eigenvalue weighted by Crippen LogP contribution is 2.21. The Morgan fingerprint density at radius 1 is 1.23 bits per heavy atom. The summed E-state index contributed by atoms with van der Waals surface area (Å²) in [7, 11) is 1.58. The zero-order valence-electron chi connectivity index (χ0n) is 13.1. The number of nitrogens with two attached hydrogens (primary N) is 1. The van der Waals surface area contributed by atoms with E-state index >= 15 is 0 Å². The van der Waals surface area contributed by atoms with Crippen LogP contribution in [0.2, 0.25) is 0 Å². The quantitative estimate of drug-likeness (QED) is 0.830. The average Bonchev–Trinajstić information content (AvgIpc) is 2.81. The summed E-state index contributed by atoms with van der Waals surface area (Å²) >= 11 is 0. The number of benzene rings is 1. The molecule has 0 spiro atoms. The van der Waals surface area contributed by atoms with Crippen LogP contribution in [0.25, 0.3) is 0 Å². The van der Waals surface area contributed by atoms with Gasteiger partial charge in [0.15, 0.2) is 0 Å². The summed E-state index contributed by atoms with van der Waals surface area (Å²) in [6.45, 7) is 4.41. The fourth-order valence-electron chi connectivity index (χ4n) is 2.62. The lowest BCUT2D eigenvalue weighted by Gasteiger charge is -2.11. The third-order valence-electron chi connectivity index (χ3n) is 3.61. The molecule has 0 saturated heterocycles. The summed E-state index contributed by atoms with van der Waals surface area (Å²) in [5.41, 5.74) is 8.08. The number of nitrogens with zero attached hydrogens (tertiary/aromatic N) is 1. The van der Waals surface area contributed by atoms with E-state index in [0.29, 0.717) is 23.6 Å². The van der Waals surface area contributed by atoms with Gasteiger partial charge >= 0.3 is 0 Å². The van der Waals surface area contributed by atoms with Gasteiger partial charge in [-0.05, 0) is 49.7 Å². The smallest absolute Gasteiger partial charge is 0.223 e. The monoisotopic (exact) mass is 300 g/mol. The molecule has 0 fully saturated rings. The minimum atomic E-state index is -0.407. The van der Waals surface area contributed by atoms with Crippen molar-refractivity contribution in [2.24, 2.45) is 5.73 Å². The van der Waals surface area contributed by atoms with Crippen molar-refractivity contribution in [3.8, 4) is 5.75 Å². The number of aryl methyl sites for hydroxylation is 1. The number of amides is 1. The maximum Gasteiger partial charge on any atom is 0.223 e. The van der Waals surface area contributed by atoms with Crippen LogP contribution in [0, 0.1) is 6.92 Å². The number of methoxy groups -OCH3 is 1. The molecular formula is C17H20N2O3. The van der Waals surface area contributed by atoms with Gasteiger partial charge < -0.3 is 15.0 Å². The average molecular weight is 300 g/mol. The first-order valence-corrected chi connectivity index (χ1v) is 7.14. The van der Waals surface area contributed by atoms with Gasteiger partial charge in [0, 0.05) is 17.8 Å². The van der Waals surface area contributed by atoms with Crippen LogP contribution >= 0.6 is 0 Å². The first-order chi connectivity index (χ1) is 10.5. The third-order valence-corrected chi connectivity index (χ3v) is 3.61. The number of ketones is 1. The molecule has 1 amide bonds. The van der Waals surface area contributed by atoms with Crippen molar-refractivity contribution in [3.63, 3.8) is 0 Å². The van der Waals surface area contributed by atoms with Crippen LogP contribution in [-0.4, -0.2) is 23.4 Å². The Morgan fingerprint density at radius 3 is 2.36 bits per heavy atom. The van der Waals surface area contributed by atoms with Gasteiger partial charge in [0.1, 0.15) is 5.75 Å². The lowest BCUT2D eigenvalue weighted by molar-refractivity contribution is -0.117. The molecule has 0 aliphatic heterocycles. The molecule has 0 saturated carbocycles. The van der Waals surface area contributed by atoms with E-state index in [1.165, 1.54) is 0 Å². The number of ether oxygens (including phenoxy) is 1. The largest absolute Gasteiger partial charge is 0.497 e. The lowest BCUT2D eigenvalue weighted by atomic mass is 10.1. The summed E-state index contributed by atoms with van der Waals surface area (Å²) in [6, 6.07) is 8.84. The molecular weight excluding hydrogens is 280 g/mol. The maximum absolute atomic E-state index is 12.8. The normalized spacial score (nSPS) is 10.5. The molecule has 0 radical (unpaired) electrons. The molecule has 2 aromatic rings. The predicted molar refractivity (Wildman–Crippen MR) is 84.2 cm³/mol. The first-order valence-electron chi connectivity index (χ1n) is 7.14. The van der Waals surface area contributed by atoms with E-state index in [2.05, 4.69) is 0 Å². The van der Waals surface area contributed by atoms with Gasteiger partial charge in [0.25, 0.3) is 0 Å². The van der Waals surface area contributed by atoms with Crippen LogP contribution in [0.3, 0.4) is 0 Å². The third kappa shape index (κ3) is 3.03. The zero-order valence-corrected chi connectivity index (χ0v) is 13.1. The van der Waals surface area contributed by atoms with Crippen molar-refractivity contribution in [1.29, 1.82) is 0 Å². The highest BCUT2D eigenvalue weighted by atomic mass is 16.5. The van der Waals surface area contributed by atoms with Crippen LogP contribution in [0.4, 0.5) is 0 Å². The predicted octanol–water partition coefficient (Wildman–Crippen LogP) is 2.08. The Hall–Kier alpha value is -2.56. The Kier molecular flexibility index (Phi) is 4.65. The highest BCUT2D eigenvalue weighted by molar-refractivity contribution is 6.09. The van der Waals surface area contributed by atoms with Crippen molar-refractivity contribution in [3.05, 3.63) is 52.8 Å². The fraction of sp³-hybridized carbons (Fsp3) is 0.294. The SMILES string of the molecule is CCn1c(CC(N)=O)cc(C)c1C(=O)c1ccc(OC)cc1. The molecule has 2 rings (SSSR count). The Bertz CT molecular complexity index is 699. The number of carbonyl (C=O) groups excluding carboxylic acids is 2. The molecule has 116 valence electrons. The standard InChI is InChI=1S/C17H20N2O3/c1-4-19-13(10-15(18)20)9-11(2)16(19)17(21)12-5-7-14(22-3)8-6-12/h5-9H,4,10H2,1-3H3,(H2,18,20). The van der Waals surface area contributed by atoms with E-state index in [4.69, 9.17) is 10.5 Å². The van der Waals surface area contributed by atoms with Crippen LogP contribution in [0.15, 0.2) is 30.3 Å². The second kappa shape index (κ2) is 6.47. The van der Waals surface area contributed by atoms with Crippen LogP contribution in [0.5, 0.6) is 5.75 Å². The van der Waals surface area contributed by atoms with Gasteiger partial charge in [-0.2, -0.15) is 0 Å². The number of hydrogen-bond donors (Lipinski definition) is 1. The Balaban J connectivity index is 2.43. The molecule has 5 nitrogen and oxygen atoms in total. The van der Waals surface area contributed by atoms with E-state index in [9.17, 15) is 9.59 Å². The van der Waals surface area contributed by atoms with Gasteiger partial charge in [-0.25, -0.2) is 0 Å². The summed E-state index contributed by atoms with van der Waals surface area (Å²) in [4.78, 5) is 23.9.